The Labute approximate surface area is 144 Å². The fourth-order valence-electron chi connectivity index (χ4n) is 2.41. The molecule has 0 aliphatic heterocycles. The first-order valence-electron chi connectivity index (χ1n) is 7.27. The van der Waals surface area contributed by atoms with Gasteiger partial charge in [-0.25, -0.2) is 4.79 Å². The van der Waals surface area contributed by atoms with Gasteiger partial charge in [-0.2, -0.15) is 8.42 Å². The summed E-state index contributed by atoms with van der Waals surface area (Å²) in [6.45, 7) is 0. The molecule has 0 heterocycles. The van der Waals surface area contributed by atoms with Crippen molar-refractivity contribution >= 4 is 32.8 Å². The van der Waals surface area contributed by atoms with Gasteiger partial charge in [0.25, 0.3) is 16.0 Å². The molecular weight excluding hydrogens is 350 g/mol. The quantitative estimate of drug-likeness (QED) is 0.629. The molecule has 0 bridgehead atoms. The molecule has 2 rings (SSSR count). The SMILES string of the molecule is COc1ccc2ccccc2c1C(=O)N[C@@H](CCS(=O)(=O)O)C(=O)O. The van der Waals surface area contributed by atoms with Crippen LogP contribution in [0.5, 0.6) is 5.75 Å². The van der Waals surface area contributed by atoms with Gasteiger partial charge in [0.15, 0.2) is 0 Å². The number of fused-ring (bicyclic) bond motifs is 1. The van der Waals surface area contributed by atoms with Crippen LogP contribution in [0.15, 0.2) is 36.4 Å². The molecule has 0 unspecified atom stereocenters. The lowest BCUT2D eigenvalue weighted by atomic mass is 10.0. The van der Waals surface area contributed by atoms with Crippen LogP contribution in [-0.4, -0.2) is 48.9 Å². The van der Waals surface area contributed by atoms with E-state index >= 15 is 0 Å². The van der Waals surface area contributed by atoms with Crippen LogP contribution in [0.2, 0.25) is 0 Å². The van der Waals surface area contributed by atoms with Crippen molar-refractivity contribution in [3.05, 3.63) is 42.0 Å². The fraction of sp³-hybridized carbons (Fsp3) is 0.250. The zero-order chi connectivity index (χ0) is 18.6. The predicted octanol–water partition coefficient (Wildman–Crippen LogP) is 1.31. The molecule has 2 aromatic carbocycles. The summed E-state index contributed by atoms with van der Waals surface area (Å²) in [5, 5.41) is 12.8. The van der Waals surface area contributed by atoms with E-state index in [2.05, 4.69) is 5.32 Å². The number of hydrogen-bond acceptors (Lipinski definition) is 5. The molecule has 0 aromatic heterocycles. The number of methoxy groups -OCH3 is 1. The van der Waals surface area contributed by atoms with Gasteiger partial charge in [0, 0.05) is 0 Å². The van der Waals surface area contributed by atoms with E-state index in [4.69, 9.17) is 9.29 Å². The van der Waals surface area contributed by atoms with E-state index in [0.29, 0.717) is 5.39 Å². The van der Waals surface area contributed by atoms with Gasteiger partial charge in [0.05, 0.1) is 18.4 Å². The van der Waals surface area contributed by atoms with Crippen LogP contribution < -0.4 is 10.1 Å². The van der Waals surface area contributed by atoms with Crippen molar-refractivity contribution in [1.29, 1.82) is 0 Å². The summed E-state index contributed by atoms with van der Waals surface area (Å²) >= 11 is 0. The Morgan fingerprint density at radius 2 is 1.88 bits per heavy atom. The maximum Gasteiger partial charge on any atom is 0.326 e. The van der Waals surface area contributed by atoms with Crippen molar-refractivity contribution in [1.82, 2.24) is 5.32 Å². The van der Waals surface area contributed by atoms with Crippen LogP contribution in [0.4, 0.5) is 0 Å². The van der Waals surface area contributed by atoms with Crippen molar-refractivity contribution in [3.63, 3.8) is 0 Å². The number of carbonyl (C=O) groups is 2. The number of hydrogen-bond donors (Lipinski definition) is 3. The van der Waals surface area contributed by atoms with Crippen LogP contribution in [0.25, 0.3) is 10.8 Å². The van der Waals surface area contributed by atoms with E-state index in [1.807, 2.05) is 0 Å². The molecule has 25 heavy (non-hydrogen) atoms. The maximum atomic E-state index is 12.6. The van der Waals surface area contributed by atoms with Crippen LogP contribution in [0.3, 0.4) is 0 Å². The first kappa shape index (κ1) is 18.7. The Morgan fingerprint density at radius 3 is 2.48 bits per heavy atom. The Bertz CT molecular complexity index is 908. The molecule has 1 atom stereocenters. The Hall–Kier alpha value is -2.65. The lowest BCUT2D eigenvalue weighted by Crippen LogP contribution is -2.42. The van der Waals surface area contributed by atoms with Crippen molar-refractivity contribution in [2.45, 2.75) is 12.5 Å². The second-order valence-electron chi connectivity index (χ2n) is 5.30. The van der Waals surface area contributed by atoms with Gasteiger partial charge in [-0.05, 0) is 23.3 Å². The number of carboxylic acid groups (broad SMARTS) is 1. The van der Waals surface area contributed by atoms with Gasteiger partial charge in [-0.3, -0.25) is 9.35 Å². The molecule has 2 aromatic rings. The molecule has 0 saturated heterocycles. The topological polar surface area (TPSA) is 130 Å². The highest BCUT2D eigenvalue weighted by Gasteiger charge is 2.25. The summed E-state index contributed by atoms with van der Waals surface area (Å²) < 4.78 is 35.6. The van der Waals surface area contributed by atoms with Gasteiger partial charge in [0.1, 0.15) is 11.8 Å². The molecule has 8 nitrogen and oxygen atoms in total. The third-order valence-electron chi connectivity index (χ3n) is 3.61. The number of ether oxygens (including phenoxy) is 1. The number of aliphatic carboxylic acids is 1. The molecule has 1 amide bonds. The van der Waals surface area contributed by atoms with Crippen LogP contribution in [0.1, 0.15) is 16.8 Å². The van der Waals surface area contributed by atoms with Crippen LogP contribution >= 0.6 is 0 Å². The summed E-state index contributed by atoms with van der Waals surface area (Å²) in [6.07, 6.45) is -0.465. The second kappa shape index (κ2) is 7.49. The van der Waals surface area contributed by atoms with E-state index in [9.17, 15) is 23.1 Å². The summed E-state index contributed by atoms with van der Waals surface area (Å²) in [6, 6.07) is 8.88. The number of amides is 1. The zero-order valence-electron chi connectivity index (χ0n) is 13.3. The van der Waals surface area contributed by atoms with Gasteiger partial charge < -0.3 is 15.2 Å². The highest BCUT2D eigenvalue weighted by Crippen LogP contribution is 2.28. The Balaban J connectivity index is 2.35. The van der Waals surface area contributed by atoms with Gasteiger partial charge in [-0.15, -0.1) is 0 Å². The smallest absolute Gasteiger partial charge is 0.326 e. The summed E-state index contributed by atoms with van der Waals surface area (Å²) in [5.41, 5.74) is 0.152. The molecule has 0 saturated carbocycles. The lowest BCUT2D eigenvalue weighted by Gasteiger charge is -2.16. The minimum Gasteiger partial charge on any atom is -0.496 e. The Morgan fingerprint density at radius 1 is 1.20 bits per heavy atom. The molecule has 9 heteroatoms. The fourth-order valence-corrected chi connectivity index (χ4v) is 2.94. The van der Waals surface area contributed by atoms with E-state index in [0.717, 1.165) is 5.39 Å². The minimum atomic E-state index is -4.34. The third kappa shape index (κ3) is 4.68. The summed E-state index contributed by atoms with van der Waals surface area (Å²) in [7, 11) is -2.96. The largest absolute Gasteiger partial charge is 0.496 e. The van der Waals surface area contributed by atoms with Crippen molar-refractivity contribution in [3.8, 4) is 5.75 Å². The number of benzene rings is 2. The van der Waals surface area contributed by atoms with Crippen molar-refractivity contribution in [2.24, 2.45) is 0 Å². The molecule has 3 N–H and O–H groups in total. The molecule has 134 valence electrons. The minimum absolute atomic E-state index is 0.152. The molecular formula is C16H17NO7S. The van der Waals surface area contributed by atoms with E-state index in [1.54, 1.807) is 36.4 Å². The van der Waals surface area contributed by atoms with E-state index < -0.39 is 40.2 Å². The Kier molecular flexibility index (Phi) is 5.60. The van der Waals surface area contributed by atoms with Crippen LogP contribution in [-0.2, 0) is 14.9 Å². The molecule has 0 aliphatic carbocycles. The zero-order valence-corrected chi connectivity index (χ0v) is 14.1. The van der Waals surface area contributed by atoms with Crippen LogP contribution in [0, 0.1) is 0 Å². The highest BCUT2D eigenvalue weighted by molar-refractivity contribution is 7.85. The van der Waals surface area contributed by atoms with Gasteiger partial charge in [0.2, 0.25) is 0 Å². The summed E-state index contributed by atoms with van der Waals surface area (Å²) in [4.78, 5) is 23.9. The van der Waals surface area contributed by atoms with E-state index in [-0.39, 0.29) is 11.3 Å². The first-order valence-corrected chi connectivity index (χ1v) is 8.88. The van der Waals surface area contributed by atoms with E-state index in [1.165, 1.54) is 7.11 Å². The molecule has 0 aliphatic rings. The molecule has 0 spiro atoms. The maximum absolute atomic E-state index is 12.6. The number of nitrogens with one attached hydrogen (secondary N) is 1. The first-order chi connectivity index (χ1) is 11.7. The van der Waals surface area contributed by atoms with Gasteiger partial charge >= 0.3 is 5.97 Å². The predicted molar refractivity (Wildman–Crippen MR) is 90.4 cm³/mol. The average Bonchev–Trinajstić information content (AvgIpc) is 2.56. The summed E-state index contributed by atoms with van der Waals surface area (Å²) in [5.74, 6) is -2.64. The van der Waals surface area contributed by atoms with Gasteiger partial charge in [-0.1, -0.05) is 30.3 Å². The average molecular weight is 367 g/mol. The number of carboxylic acids is 1. The van der Waals surface area contributed by atoms with Crippen molar-refractivity contribution in [2.75, 3.05) is 12.9 Å². The van der Waals surface area contributed by atoms with Crippen molar-refractivity contribution < 1.29 is 32.4 Å². The third-order valence-corrected chi connectivity index (χ3v) is 4.36. The molecule has 0 fully saturated rings. The standard InChI is InChI=1S/C16H17NO7S/c1-24-13-7-6-10-4-2-3-5-11(10)14(13)15(18)17-12(16(19)20)8-9-25(21,22)23/h2-7,12H,8-9H2,1H3,(H,17,18)(H,19,20)(H,21,22,23)/t12-/m0/s1. The highest BCUT2D eigenvalue weighted by atomic mass is 32.2. The second-order valence-corrected chi connectivity index (χ2v) is 6.88. The number of carbonyl (C=O) groups excluding carboxylic acids is 1. The normalized spacial score (nSPS) is 12.6. The monoisotopic (exact) mass is 367 g/mol. The molecule has 0 radical (unpaired) electrons. The lowest BCUT2D eigenvalue weighted by molar-refractivity contribution is -0.139. The number of rotatable bonds is 7.